The molecule has 1 atom stereocenters. The molecule has 1 aliphatic heterocycles. The maximum atomic E-state index is 13.7. The van der Waals surface area contributed by atoms with Gasteiger partial charge in [-0.05, 0) is 46.5 Å². The Hall–Kier alpha value is -2.63. The van der Waals surface area contributed by atoms with Crippen LogP contribution in [0.3, 0.4) is 0 Å². The molecule has 0 amide bonds. The Morgan fingerprint density at radius 3 is 2.03 bits per heavy atom. The molecule has 6 heteroatoms. The number of ketones is 3. The number of hydrogen-bond acceptors (Lipinski definition) is 6. The Labute approximate surface area is 234 Å². The molecule has 0 spiro atoms. The lowest BCUT2D eigenvalue weighted by molar-refractivity contribution is -0.144. The second-order valence-electron chi connectivity index (χ2n) is 13.0. The summed E-state index contributed by atoms with van der Waals surface area (Å²) < 4.78 is 6.30. The first-order valence-corrected chi connectivity index (χ1v) is 14.9. The van der Waals surface area contributed by atoms with Crippen molar-refractivity contribution in [3.05, 3.63) is 28.5 Å². The predicted octanol–water partition coefficient (Wildman–Crippen LogP) is 8.18. The minimum Gasteiger partial charge on any atom is -0.507 e. The molecular formula is C33H48O6. The highest BCUT2D eigenvalue weighted by molar-refractivity contribution is 6.20. The fourth-order valence-corrected chi connectivity index (χ4v) is 6.30. The first-order chi connectivity index (χ1) is 18.3. The standard InChI is InChI=1S/C33H48O6/c1-8-9-10-11-12-13-14-15-16-17-22(34)27-24(36)19-23(35)25-21(18-20(2)3)26-29(37)32(4,5)31(38)33(6,7)30(26)39-28(25)27/h19-21,35-36H,8-18H2,1-7H3. The number of allylic oxidation sites excluding steroid dienone is 2. The van der Waals surface area contributed by atoms with Crippen LogP contribution in [0.15, 0.2) is 17.4 Å². The SMILES string of the molecule is CCCCCCCCCCCC(=O)c1c(O)cc(O)c2c1OC1=C(C(=O)C(C)(C)C(=O)C1(C)C)C2CC(C)C. The van der Waals surface area contributed by atoms with E-state index in [9.17, 15) is 24.6 Å². The third kappa shape index (κ3) is 6.10. The molecule has 3 rings (SSSR count). The van der Waals surface area contributed by atoms with Crippen LogP contribution in [0.4, 0.5) is 0 Å². The average molecular weight is 541 g/mol. The minimum atomic E-state index is -1.24. The van der Waals surface area contributed by atoms with E-state index < -0.39 is 16.7 Å². The largest absolute Gasteiger partial charge is 0.507 e. The first-order valence-electron chi connectivity index (χ1n) is 14.9. The van der Waals surface area contributed by atoms with Crippen LogP contribution in [0.1, 0.15) is 141 Å². The summed E-state index contributed by atoms with van der Waals surface area (Å²) in [6, 6.07) is 1.19. The van der Waals surface area contributed by atoms with E-state index in [2.05, 4.69) is 6.92 Å². The molecule has 0 radical (unpaired) electrons. The molecule has 2 aliphatic rings. The van der Waals surface area contributed by atoms with Crippen molar-refractivity contribution >= 4 is 17.3 Å². The highest BCUT2D eigenvalue weighted by Crippen LogP contribution is 2.57. The number of rotatable bonds is 13. The van der Waals surface area contributed by atoms with E-state index in [0.29, 0.717) is 24.0 Å². The Kier molecular flexibility index (Phi) is 9.72. The number of phenolic OH excluding ortho intramolecular Hbond substituents is 2. The summed E-state index contributed by atoms with van der Waals surface area (Å²) in [7, 11) is 0. The topological polar surface area (TPSA) is 101 Å². The number of fused-ring (bicyclic) bond motifs is 1. The quantitative estimate of drug-likeness (QED) is 0.149. The van der Waals surface area contributed by atoms with Gasteiger partial charge in [0, 0.05) is 29.5 Å². The third-order valence-corrected chi connectivity index (χ3v) is 8.43. The summed E-state index contributed by atoms with van der Waals surface area (Å²) in [4.78, 5) is 40.6. The van der Waals surface area contributed by atoms with Gasteiger partial charge in [0.05, 0.1) is 10.8 Å². The van der Waals surface area contributed by atoms with Crippen LogP contribution in [0.2, 0.25) is 0 Å². The lowest BCUT2D eigenvalue weighted by Crippen LogP contribution is -2.51. The summed E-state index contributed by atoms with van der Waals surface area (Å²) >= 11 is 0. The number of carbonyl (C=O) groups excluding carboxylic acids is 3. The van der Waals surface area contributed by atoms with Gasteiger partial charge in [-0.15, -0.1) is 0 Å². The van der Waals surface area contributed by atoms with Gasteiger partial charge in [-0.1, -0.05) is 72.1 Å². The van der Waals surface area contributed by atoms with Gasteiger partial charge in [-0.2, -0.15) is 0 Å². The van der Waals surface area contributed by atoms with Gasteiger partial charge in [0.25, 0.3) is 0 Å². The Morgan fingerprint density at radius 2 is 1.46 bits per heavy atom. The number of unbranched alkanes of at least 4 members (excludes halogenated alkanes) is 8. The number of Topliss-reactive ketones (excluding diaryl/α,β-unsaturated/α-hetero) is 3. The number of aromatic hydroxyl groups is 2. The fraction of sp³-hybridized carbons (Fsp3) is 0.667. The summed E-state index contributed by atoms with van der Waals surface area (Å²) in [5.74, 6) is -1.45. The maximum Gasteiger partial charge on any atom is 0.175 e. The number of benzene rings is 1. The van der Waals surface area contributed by atoms with Gasteiger partial charge < -0.3 is 14.9 Å². The molecule has 39 heavy (non-hydrogen) atoms. The van der Waals surface area contributed by atoms with Crippen LogP contribution in [0, 0.1) is 16.7 Å². The number of hydrogen-bond donors (Lipinski definition) is 2. The zero-order valence-corrected chi connectivity index (χ0v) is 25.0. The molecule has 1 aliphatic carbocycles. The van der Waals surface area contributed by atoms with Crippen molar-refractivity contribution in [3.8, 4) is 17.2 Å². The lowest BCUT2D eigenvalue weighted by atomic mass is 9.59. The monoisotopic (exact) mass is 540 g/mol. The van der Waals surface area contributed by atoms with Gasteiger partial charge in [0.1, 0.15) is 28.6 Å². The van der Waals surface area contributed by atoms with Crippen molar-refractivity contribution < 1.29 is 29.3 Å². The number of carbonyl (C=O) groups is 3. The van der Waals surface area contributed by atoms with Crippen LogP contribution in [-0.4, -0.2) is 27.6 Å². The van der Waals surface area contributed by atoms with E-state index in [0.717, 1.165) is 19.3 Å². The van der Waals surface area contributed by atoms with E-state index in [1.54, 1.807) is 27.7 Å². The van der Waals surface area contributed by atoms with E-state index in [4.69, 9.17) is 4.74 Å². The zero-order valence-electron chi connectivity index (χ0n) is 25.0. The summed E-state index contributed by atoms with van der Waals surface area (Å²) in [5.41, 5.74) is -1.57. The van der Waals surface area contributed by atoms with Gasteiger partial charge >= 0.3 is 0 Å². The van der Waals surface area contributed by atoms with Crippen LogP contribution in [0.25, 0.3) is 0 Å². The molecule has 0 aromatic heterocycles. The number of ether oxygens (including phenoxy) is 1. The van der Waals surface area contributed by atoms with Gasteiger partial charge in [-0.25, -0.2) is 0 Å². The van der Waals surface area contributed by atoms with Crippen molar-refractivity contribution in [1.29, 1.82) is 0 Å². The fourth-order valence-electron chi connectivity index (χ4n) is 6.30. The molecular weight excluding hydrogens is 492 g/mol. The first kappa shape index (κ1) is 30.9. The Bertz CT molecular complexity index is 1140. The molecule has 0 saturated heterocycles. The second kappa shape index (κ2) is 12.3. The van der Waals surface area contributed by atoms with Crippen LogP contribution < -0.4 is 4.74 Å². The molecule has 216 valence electrons. The molecule has 0 saturated carbocycles. The normalized spacial score (nSPS) is 19.6. The summed E-state index contributed by atoms with van der Waals surface area (Å²) in [5, 5.41) is 21.8. The molecule has 1 aromatic rings. The van der Waals surface area contributed by atoms with Crippen molar-refractivity contribution in [2.24, 2.45) is 16.7 Å². The molecule has 1 heterocycles. The molecule has 6 nitrogen and oxygen atoms in total. The predicted molar refractivity (Wildman–Crippen MR) is 153 cm³/mol. The van der Waals surface area contributed by atoms with E-state index in [-0.39, 0.29) is 58.3 Å². The van der Waals surface area contributed by atoms with E-state index in [1.807, 2.05) is 13.8 Å². The van der Waals surface area contributed by atoms with Crippen LogP contribution >= 0.6 is 0 Å². The van der Waals surface area contributed by atoms with E-state index >= 15 is 0 Å². The van der Waals surface area contributed by atoms with Crippen molar-refractivity contribution in [2.45, 2.75) is 125 Å². The van der Waals surface area contributed by atoms with Gasteiger partial charge in [0.15, 0.2) is 17.3 Å². The van der Waals surface area contributed by atoms with Crippen molar-refractivity contribution in [2.75, 3.05) is 0 Å². The van der Waals surface area contributed by atoms with Gasteiger partial charge in [0.2, 0.25) is 0 Å². The van der Waals surface area contributed by atoms with E-state index in [1.165, 1.54) is 38.2 Å². The lowest BCUT2D eigenvalue weighted by Gasteiger charge is -2.45. The minimum absolute atomic E-state index is 0.0307. The van der Waals surface area contributed by atoms with Gasteiger partial charge in [-0.3, -0.25) is 14.4 Å². The molecule has 0 bridgehead atoms. The van der Waals surface area contributed by atoms with Crippen LogP contribution in [-0.2, 0) is 9.59 Å². The molecule has 2 N–H and O–H groups in total. The molecule has 1 aromatic carbocycles. The zero-order chi connectivity index (χ0) is 29.1. The van der Waals surface area contributed by atoms with Crippen molar-refractivity contribution in [1.82, 2.24) is 0 Å². The van der Waals surface area contributed by atoms with Crippen molar-refractivity contribution in [3.63, 3.8) is 0 Å². The van der Waals surface area contributed by atoms with Crippen LogP contribution in [0.5, 0.6) is 17.2 Å². The average Bonchev–Trinajstić information content (AvgIpc) is 2.85. The molecule has 1 unspecified atom stereocenters. The Morgan fingerprint density at radius 1 is 0.897 bits per heavy atom. The smallest absolute Gasteiger partial charge is 0.175 e. The second-order valence-corrected chi connectivity index (χ2v) is 13.0. The maximum absolute atomic E-state index is 13.7. The summed E-state index contributed by atoms with van der Waals surface area (Å²) in [6.45, 7) is 13.0. The highest BCUT2D eigenvalue weighted by atomic mass is 16.5. The Balaban J connectivity index is 1.93. The molecule has 0 fully saturated rings. The highest BCUT2D eigenvalue weighted by Gasteiger charge is 2.57. The summed E-state index contributed by atoms with van der Waals surface area (Å²) in [6.07, 6.45) is 10.9. The third-order valence-electron chi connectivity index (χ3n) is 8.43. The number of phenols is 2.